The number of carbonyl (C=O) groups is 2. The van der Waals surface area contributed by atoms with E-state index in [1.807, 2.05) is 24.3 Å². The Morgan fingerprint density at radius 2 is 2.21 bits per heavy atom. The molecule has 1 saturated heterocycles. The van der Waals surface area contributed by atoms with Gasteiger partial charge in [-0.15, -0.1) is 0 Å². The zero-order valence-corrected chi connectivity index (χ0v) is 13.7. The van der Waals surface area contributed by atoms with Gasteiger partial charge in [0.25, 0.3) is 0 Å². The monoisotopic (exact) mass is 328 g/mol. The zero-order valence-electron chi connectivity index (χ0n) is 13.7. The molecule has 0 aliphatic carbocycles. The Bertz CT molecular complexity index is 756. The third-order valence-corrected chi connectivity index (χ3v) is 4.20. The number of anilines is 1. The molecule has 7 nitrogen and oxygen atoms in total. The van der Waals surface area contributed by atoms with Crippen molar-refractivity contribution in [2.75, 3.05) is 19.0 Å². The fourth-order valence-electron chi connectivity index (χ4n) is 2.84. The standard InChI is InChI=1S/C17H20N4O3/c1-20-8-7-18-17(20)19-16(23)13-9-15(22)21(11-13)10-12-5-3-4-6-14(12)24-2/h3-8,13H,9-11H2,1-2H3,(H,18,19,23). The average molecular weight is 328 g/mol. The van der Waals surface area contributed by atoms with Crippen LogP contribution in [-0.2, 0) is 23.2 Å². The lowest BCUT2D eigenvalue weighted by Crippen LogP contribution is -2.28. The van der Waals surface area contributed by atoms with Crippen LogP contribution in [-0.4, -0.2) is 39.9 Å². The Balaban J connectivity index is 1.65. The molecule has 0 radical (unpaired) electrons. The summed E-state index contributed by atoms with van der Waals surface area (Å²) in [6, 6.07) is 7.58. The molecule has 3 rings (SSSR count). The van der Waals surface area contributed by atoms with Gasteiger partial charge in [0.2, 0.25) is 17.8 Å². The minimum atomic E-state index is -0.371. The van der Waals surface area contributed by atoms with Gasteiger partial charge in [-0.05, 0) is 6.07 Å². The van der Waals surface area contributed by atoms with Crippen LogP contribution in [0.2, 0.25) is 0 Å². The summed E-state index contributed by atoms with van der Waals surface area (Å²) in [7, 11) is 3.41. The van der Waals surface area contributed by atoms with E-state index in [0.717, 1.165) is 11.3 Å². The summed E-state index contributed by atoms with van der Waals surface area (Å²) in [5.41, 5.74) is 0.929. The highest BCUT2D eigenvalue weighted by atomic mass is 16.5. The third-order valence-electron chi connectivity index (χ3n) is 4.20. The molecule has 1 unspecified atom stereocenters. The van der Waals surface area contributed by atoms with E-state index < -0.39 is 0 Å². The van der Waals surface area contributed by atoms with E-state index >= 15 is 0 Å². The van der Waals surface area contributed by atoms with Crippen LogP contribution in [0.1, 0.15) is 12.0 Å². The lowest BCUT2D eigenvalue weighted by molar-refractivity contribution is -0.128. The minimum Gasteiger partial charge on any atom is -0.496 e. The van der Waals surface area contributed by atoms with Crippen molar-refractivity contribution in [3.63, 3.8) is 0 Å². The van der Waals surface area contributed by atoms with Gasteiger partial charge >= 0.3 is 0 Å². The maximum atomic E-state index is 12.4. The van der Waals surface area contributed by atoms with E-state index in [2.05, 4.69) is 10.3 Å². The fourth-order valence-corrected chi connectivity index (χ4v) is 2.84. The topological polar surface area (TPSA) is 76.5 Å². The Labute approximate surface area is 140 Å². The van der Waals surface area contributed by atoms with Gasteiger partial charge < -0.3 is 14.2 Å². The van der Waals surface area contributed by atoms with Crippen LogP contribution in [0.4, 0.5) is 5.95 Å². The molecule has 1 aromatic carbocycles. The molecule has 0 spiro atoms. The summed E-state index contributed by atoms with van der Waals surface area (Å²) in [6.07, 6.45) is 3.58. The van der Waals surface area contributed by atoms with E-state index in [9.17, 15) is 9.59 Å². The molecule has 24 heavy (non-hydrogen) atoms. The molecule has 2 amide bonds. The number of carbonyl (C=O) groups excluding carboxylic acids is 2. The Morgan fingerprint density at radius 3 is 2.92 bits per heavy atom. The molecule has 1 aliphatic rings. The number of para-hydroxylation sites is 1. The van der Waals surface area contributed by atoms with Crippen molar-refractivity contribution in [1.82, 2.24) is 14.5 Å². The molecule has 126 valence electrons. The molecule has 0 saturated carbocycles. The second-order valence-electron chi connectivity index (χ2n) is 5.84. The highest BCUT2D eigenvalue weighted by Gasteiger charge is 2.34. The molecule has 1 fully saturated rings. The number of ether oxygens (including phenoxy) is 1. The van der Waals surface area contributed by atoms with Crippen LogP contribution in [0, 0.1) is 5.92 Å². The predicted molar refractivity (Wildman–Crippen MR) is 88.4 cm³/mol. The van der Waals surface area contributed by atoms with Crippen LogP contribution in [0.5, 0.6) is 5.75 Å². The van der Waals surface area contributed by atoms with Crippen molar-refractivity contribution in [2.45, 2.75) is 13.0 Å². The summed E-state index contributed by atoms with van der Waals surface area (Å²) < 4.78 is 7.04. The van der Waals surface area contributed by atoms with Crippen LogP contribution >= 0.6 is 0 Å². The third kappa shape index (κ3) is 3.24. The molecule has 2 aromatic rings. The van der Waals surface area contributed by atoms with Gasteiger partial charge in [-0.3, -0.25) is 14.9 Å². The molecule has 7 heteroatoms. The second-order valence-corrected chi connectivity index (χ2v) is 5.84. The summed E-state index contributed by atoms with van der Waals surface area (Å²) in [5.74, 6) is 0.645. The number of likely N-dealkylation sites (tertiary alicyclic amines) is 1. The van der Waals surface area contributed by atoms with Gasteiger partial charge in [0.15, 0.2) is 0 Å². The first kappa shape index (κ1) is 16.0. The fraction of sp³-hybridized carbons (Fsp3) is 0.353. The molecule has 2 heterocycles. The molecule has 1 N–H and O–H groups in total. The van der Waals surface area contributed by atoms with Crippen molar-refractivity contribution < 1.29 is 14.3 Å². The number of methoxy groups -OCH3 is 1. The number of aryl methyl sites for hydroxylation is 1. The maximum absolute atomic E-state index is 12.4. The maximum Gasteiger partial charge on any atom is 0.232 e. The van der Waals surface area contributed by atoms with Gasteiger partial charge in [-0.25, -0.2) is 4.98 Å². The number of amides is 2. The lowest BCUT2D eigenvalue weighted by Gasteiger charge is -2.18. The second kappa shape index (κ2) is 6.74. The van der Waals surface area contributed by atoms with Crippen molar-refractivity contribution in [3.05, 3.63) is 42.2 Å². The van der Waals surface area contributed by atoms with Gasteiger partial charge in [-0.1, -0.05) is 18.2 Å². The van der Waals surface area contributed by atoms with Gasteiger partial charge in [0, 0.05) is 44.5 Å². The first-order chi connectivity index (χ1) is 11.6. The largest absolute Gasteiger partial charge is 0.496 e. The summed E-state index contributed by atoms with van der Waals surface area (Å²) in [4.78, 5) is 30.4. The lowest BCUT2D eigenvalue weighted by atomic mass is 10.1. The smallest absolute Gasteiger partial charge is 0.232 e. The van der Waals surface area contributed by atoms with E-state index in [4.69, 9.17) is 4.74 Å². The number of imidazole rings is 1. The molecular formula is C17H20N4O3. The average Bonchev–Trinajstić information content (AvgIpc) is 3.14. The first-order valence-electron chi connectivity index (χ1n) is 7.76. The van der Waals surface area contributed by atoms with Gasteiger partial charge in [0.05, 0.1) is 13.0 Å². The Hall–Kier alpha value is -2.83. The molecule has 0 bridgehead atoms. The van der Waals surface area contributed by atoms with Crippen molar-refractivity contribution in [2.24, 2.45) is 13.0 Å². The zero-order chi connectivity index (χ0) is 17.1. The van der Waals surface area contributed by atoms with Crippen molar-refractivity contribution in [1.29, 1.82) is 0 Å². The number of hydrogen-bond donors (Lipinski definition) is 1. The highest BCUT2D eigenvalue weighted by molar-refractivity contribution is 5.96. The molecular weight excluding hydrogens is 308 g/mol. The van der Waals surface area contributed by atoms with E-state index in [0.29, 0.717) is 19.0 Å². The highest BCUT2D eigenvalue weighted by Crippen LogP contribution is 2.25. The van der Waals surface area contributed by atoms with Crippen molar-refractivity contribution >= 4 is 17.8 Å². The van der Waals surface area contributed by atoms with Crippen LogP contribution < -0.4 is 10.1 Å². The molecule has 1 atom stereocenters. The number of hydrogen-bond acceptors (Lipinski definition) is 4. The number of nitrogens with one attached hydrogen (secondary N) is 1. The number of aromatic nitrogens is 2. The van der Waals surface area contributed by atoms with Gasteiger partial charge in [0.1, 0.15) is 5.75 Å². The predicted octanol–water partition coefficient (Wildman–Crippen LogP) is 1.42. The van der Waals surface area contributed by atoms with Crippen LogP contribution in [0.15, 0.2) is 36.7 Å². The summed E-state index contributed by atoms with van der Waals surface area (Å²) >= 11 is 0. The minimum absolute atomic E-state index is 0.0269. The Morgan fingerprint density at radius 1 is 1.42 bits per heavy atom. The first-order valence-corrected chi connectivity index (χ1v) is 7.76. The van der Waals surface area contributed by atoms with E-state index in [-0.39, 0.29) is 24.2 Å². The summed E-state index contributed by atoms with van der Waals surface area (Å²) in [6.45, 7) is 0.835. The Kier molecular flexibility index (Phi) is 4.50. The van der Waals surface area contributed by atoms with E-state index in [1.165, 1.54) is 0 Å². The quantitative estimate of drug-likeness (QED) is 0.900. The number of rotatable bonds is 5. The van der Waals surface area contributed by atoms with E-state index in [1.54, 1.807) is 36.0 Å². The van der Waals surface area contributed by atoms with Crippen molar-refractivity contribution in [3.8, 4) is 5.75 Å². The molecule has 1 aromatic heterocycles. The SMILES string of the molecule is COc1ccccc1CN1CC(C(=O)Nc2nccn2C)CC1=O. The normalized spacial score (nSPS) is 17.2. The summed E-state index contributed by atoms with van der Waals surface area (Å²) in [5, 5.41) is 2.77. The van der Waals surface area contributed by atoms with Gasteiger partial charge in [-0.2, -0.15) is 0 Å². The van der Waals surface area contributed by atoms with Crippen LogP contribution in [0.3, 0.4) is 0 Å². The molecule has 1 aliphatic heterocycles. The van der Waals surface area contributed by atoms with Crippen LogP contribution in [0.25, 0.3) is 0 Å². The number of nitrogens with zero attached hydrogens (tertiary/aromatic N) is 3. The number of benzene rings is 1.